The van der Waals surface area contributed by atoms with Gasteiger partial charge in [-0.05, 0) is 90.4 Å². The second kappa shape index (κ2) is 12.6. The monoisotopic (exact) mass is 771 g/mol. The SMILES string of the molecule is CC(=O)OC[C@]1(C)C(OC(C)=O)CC[C@@]2(C)C1C[C@H](OC(=O)c1cccc(I)c1)[C@@]1(C)Oc3cc(-c4cccnc4)oc(=O)c3C(O)C21. The first-order chi connectivity index (χ1) is 22.7. The van der Waals surface area contributed by atoms with E-state index in [9.17, 15) is 24.3 Å². The molecule has 0 saturated heterocycles. The second-order valence-corrected chi connectivity index (χ2v) is 15.0. The minimum Gasteiger partial charge on any atom is -0.482 e. The molecular weight excluding hydrogens is 733 g/mol. The Morgan fingerprint density at radius 3 is 2.48 bits per heavy atom. The minimum atomic E-state index is -1.38. The van der Waals surface area contributed by atoms with Gasteiger partial charge in [0, 0.05) is 52.8 Å². The Balaban J connectivity index is 1.51. The number of fused-ring (bicyclic) bond motifs is 4. The van der Waals surface area contributed by atoms with Gasteiger partial charge in [0.05, 0.1) is 11.7 Å². The molecule has 2 fully saturated rings. The molecule has 12 heteroatoms. The lowest BCUT2D eigenvalue weighted by molar-refractivity contribution is -0.266. The van der Waals surface area contributed by atoms with Gasteiger partial charge in [0.25, 0.3) is 0 Å². The number of nitrogens with zero attached hydrogens (tertiary/aromatic N) is 1. The summed E-state index contributed by atoms with van der Waals surface area (Å²) < 4.78 is 31.1. The summed E-state index contributed by atoms with van der Waals surface area (Å²) >= 11 is 2.12. The Morgan fingerprint density at radius 2 is 1.81 bits per heavy atom. The molecule has 11 nitrogen and oxygen atoms in total. The first-order valence-electron chi connectivity index (χ1n) is 15.9. The Labute approximate surface area is 291 Å². The van der Waals surface area contributed by atoms with Crippen molar-refractivity contribution in [2.45, 2.75) is 77.8 Å². The number of halogens is 1. The number of rotatable bonds is 6. The van der Waals surface area contributed by atoms with Gasteiger partial charge < -0.3 is 28.5 Å². The zero-order chi connectivity index (χ0) is 34.6. The van der Waals surface area contributed by atoms with Crippen LogP contribution in [0, 0.1) is 26.2 Å². The number of aliphatic hydroxyl groups is 1. The number of benzene rings is 1. The topological polar surface area (TPSA) is 151 Å². The summed E-state index contributed by atoms with van der Waals surface area (Å²) in [7, 11) is 0. The highest BCUT2D eigenvalue weighted by atomic mass is 127. The summed E-state index contributed by atoms with van der Waals surface area (Å²) in [5.74, 6) is -2.44. The van der Waals surface area contributed by atoms with E-state index in [1.54, 1.807) is 55.7 Å². The van der Waals surface area contributed by atoms with Gasteiger partial charge in [-0.25, -0.2) is 9.59 Å². The highest BCUT2D eigenvalue weighted by molar-refractivity contribution is 14.1. The smallest absolute Gasteiger partial charge is 0.345 e. The lowest BCUT2D eigenvalue weighted by atomic mass is 9.42. The van der Waals surface area contributed by atoms with Crippen molar-refractivity contribution < 1.29 is 42.9 Å². The van der Waals surface area contributed by atoms with Crippen LogP contribution in [0.3, 0.4) is 0 Å². The summed E-state index contributed by atoms with van der Waals surface area (Å²) in [5, 5.41) is 12.3. The van der Waals surface area contributed by atoms with Crippen LogP contribution in [-0.4, -0.2) is 52.4 Å². The Kier molecular flexibility index (Phi) is 8.94. The fourth-order valence-electron chi connectivity index (χ4n) is 8.65. The molecule has 6 rings (SSSR count). The molecule has 3 heterocycles. The zero-order valence-corrected chi connectivity index (χ0v) is 29.5. The molecule has 1 N–H and O–H groups in total. The molecule has 3 aliphatic rings. The second-order valence-electron chi connectivity index (χ2n) is 13.7. The van der Waals surface area contributed by atoms with Gasteiger partial charge in [0.15, 0.2) is 0 Å². The van der Waals surface area contributed by atoms with E-state index in [0.717, 1.165) is 3.57 Å². The summed E-state index contributed by atoms with van der Waals surface area (Å²) in [5.41, 5.74) is -2.95. The summed E-state index contributed by atoms with van der Waals surface area (Å²) in [6.07, 6.45) is 1.29. The molecule has 48 heavy (non-hydrogen) atoms. The molecule has 1 aromatic carbocycles. The number of aromatic nitrogens is 1. The maximum Gasteiger partial charge on any atom is 0.345 e. The third kappa shape index (κ3) is 5.80. The first-order valence-corrected chi connectivity index (χ1v) is 17.0. The average Bonchev–Trinajstić information content (AvgIpc) is 3.02. The van der Waals surface area contributed by atoms with Crippen LogP contribution in [0.4, 0.5) is 0 Å². The lowest BCUT2D eigenvalue weighted by Crippen LogP contribution is -2.71. The zero-order valence-electron chi connectivity index (χ0n) is 27.4. The quantitative estimate of drug-likeness (QED) is 0.188. The first kappa shape index (κ1) is 34.1. The van der Waals surface area contributed by atoms with Crippen LogP contribution >= 0.6 is 22.6 Å². The maximum atomic E-state index is 13.8. The maximum absolute atomic E-state index is 13.8. The van der Waals surface area contributed by atoms with Gasteiger partial charge in [-0.3, -0.25) is 14.6 Å². The van der Waals surface area contributed by atoms with Crippen molar-refractivity contribution in [1.29, 1.82) is 0 Å². The highest BCUT2D eigenvalue weighted by Crippen LogP contribution is 2.67. The van der Waals surface area contributed by atoms with E-state index < -0.39 is 70.1 Å². The van der Waals surface area contributed by atoms with E-state index in [0.29, 0.717) is 24.0 Å². The molecule has 254 valence electrons. The predicted molar refractivity (Wildman–Crippen MR) is 180 cm³/mol. The van der Waals surface area contributed by atoms with Gasteiger partial charge in [-0.2, -0.15) is 0 Å². The molecule has 2 saturated carbocycles. The Hall–Kier alpha value is -3.78. The number of aliphatic hydroxyl groups excluding tert-OH is 1. The van der Waals surface area contributed by atoms with Crippen molar-refractivity contribution in [2.24, 2.45) is 22.7 Å². The van der Waals surface area contributed by atoms with Crippen LogP contribution in [0.5, 0.6) is 5.75 Å². The molecule has 2 aromatic heterocycles. The molecule has 2 aliphatic carbocycles. The van der Waals surface area contributed by atoms with Crippen molar-refractivity contribution in [3.8, 4) is 17.1 Å². The molecule has 0 spiro atoms. The summed E-state index contributed by atoms with van der Waals surface area (Å²) in [4.78, 5) is 56.0. The molecule has 8 atom stereocenters. The van der Waals surface area contributed by atoms with E-state index in [-0.39, 0.29) is 30.1 Å². The number of ether oxygens (including phenoxy) is 4. The van der Waals surface area contributed by atoms with Gasteiger partial charge in [-0.1, -0.05) is 19.9 Å². The fourth-order valence-corrected chi connectivity index (χ4v) is 9.19. The van der Waals surface area contributed by atoms with Crippen LogP contribution in [0.25, 0.3) is 11.3 Å². The average molecular weight is 772 g/mol. The van der Waals surface area contributed by atoms with Gasteiger partial charge >= 0.3 is 23.5 Å². The molecule has 4 unspecified atom stereocenters. The van der Waals surface area contributed by atoms with Crippen LogP contribution in [0.15, 0.2) is 64.1 Å². The number of carbonyl (C=O) groups excluding carboxylic acids is 3. The van der Waals surface area contributed by atoms with E-state index in [1.165, 1.54) is 13.8 Å². The van der Waals surface area contributed by atoms with Crippen molar-refractivity contribution in [2.75, 3.05) is 6.61 Å². The number of hydrogen-bond donors (Lipinski definition) is 1. The molecule has 1 aliphatic heterocycles. The largest absolute Gasteiger partial charge is 0.482 e. The summed E-state index contributed by atoms with van der Waals surface area (Å²) in [6.45, 7) is 8.27. The molecule has 0 bridgehead atoms. The number of esters is 3. The van der Waals surface area contributed by atoms with Gasteiger partial charge in [-0.15, -0.1) is 0 Å². The van der Waals surface area contributed by atoms with Crippen molar-refractivity contribution in [1.82, 2.24) is 4.98 Å². The minimum absolute atomic E-state index is 0.0292. The van der Waals surface area contributed by atoms with E-state index in [2.05, 4.69) is 27.6 Å². The Morgan fingerprint density at radius 1 is 1.04 bits per heavy atom. The van der Waals surface area contributed by atoms with Crippen molar-refractivity contribution in [3.05, 3.63) is 80.0 Å². The van der Waals surface area contributed by atoms with Gasteiger partial charge in [0.2, 0.25) is 0 Å². The number of carbonyl (C=O) groups is 3. The molecule has 0 amide bonds. The molecular formula is C36H38INO10. The number of pyridine rings is 1. The van der Waals surface area contributed by atoms with Gasteiger partial charge in [0.1, 0.15) is 41.5 Å². The third-order valence-electron chi connectivity index (χ3n) is 10.7. The van der Waals surface area contributed by atoms with Crippen LogP contribution in [-0.2, 0) is 23.8 Å². The summed E-state index contributed by atoms with van der Waals surface area (Å²) in [6, 6.07) is 12.0. The van der Waals surface area contributed by atoms with E-state index >= 15 is 0 Å². The van der Waals surface area contributed by atoms with Crippen LogP contribution in [0.2, 0.25) is 0 Å². The Bertz CT molecular complexity index is 1810. The standard InChI is InChI=1S/C36H38INO10/c1-19(39)44-18-35(4)26-16-28(47-32(42)21-8-6-10-23(37)14-21)36(5)31(34(26,3)12-11-27(35)45-20(2)40)30(41)29-25(48-36)15-24(46-33(29)43)22-9-7-13-38-17-22/h6-10,13-15,17,26-28,30-31,41H,11-12,16,18H2,1-5H3/t26?,27?,28-,30?,31?,34-,35-,36+/m0/s1. The molecule has 3 aromatic rings. The fraction of sp³-hybridized carbons (Fsp3) is 0.472. The van der Waals surface area contributed by atoms with E-state index in [4.69, 9.17) is 23.4 Å². The van der Waals surface area contributed by atoms with Crippen molar-refractivity contribution in [3.63, 3.8) is 0 Å². The molecule has 0 radical (unpaired) electrons. The van der Waals surface area contributed by atoms with Crippen LogP contribution in [0.1, 0.15) is 75.9 Å². The van der Waals surface area contributed by atoms with Crippen LogP contribution < -0.4 is 10.4 Å². The van der Waals surface area contributed by atoms with E-state index in [1.807, 2.05) is 19.9 Å². The number of hydrogen-bond acceptors (Lipinski definition) is 11. The third-order valence-corrected chi connectivity index (χ3v) is 11.4. The van der Waals surface area contributed by atoms with Crippen molar-refractivity contribution >= 4 is 40.5 Å². The lowest BCUT2D eigenvalue weighted by Gasteiger charge is -2.66. The normalized spacial score (nSPS) is 32.0. The highest BCUT2D eigenvalue weighted by Gasteiger charge is 2.71. The predicted octanol–water partition coefficient (Wildman–Crippen LogP) is 5.65.